The van der Waals surface area contributed by atoms with Gasteiger partial charge in [-0.2, -0.15) is 0 Å². The van der Waals surface area contributed by atoms with Crippen LogP contribution >= 0.6 is 11.6 Å². The van der Waals surface area contributed by atoms with Crippen LogP contribution in [-0.4, -0.2) is 23.4 Å². The average Bonchev–Trinajstić information content (AvgIpc) is 2.92. The molecule has 0 spiro atoms. The van der Waals surface area contributed by atoms with Crippen LogP contribution in [0.25, 0.3) is 0 Å². The fourth-order valence-corrected chi connectivity index (χ4v) is 2.10. The number of amides is 2. The first kappa shape index (κ1) is 16.1. The largest absolute Gasteiger partial charge is 0.469 e. The molecule has 0 aliphatic heterocycles. The van der Waals surface area contributed by atoms with Crippen molar-refractivity contribution in [2.45, 2.75) is 20.3 Å². The predicted octanol–water partition coefficient (Wildman–Crippen LogP) is 3.44. The maximum absolute atomic E-state index is 12.5. The third-order valence-electron chi connectivity index (χ3n) is 3.12. The number of carbonyl (C=O) groups excluding carboxylic acids is 2. The lowest BCUT2D eigenvalue weighted by Gasteiger charge is -2.22. The second-order valence-electron chi connectivity index (χ2n) is 4.80. The van der Waals surface area contributed by atoms with Crippen molar-refractivity contribution in [3.63, 3.8) is 0 Å². The van der Waals surface area contributed by atoms with Crippen LogP contribution in [0.15, 0.2) is 41.0 Å². The smallest absolute Gasteiger partial charge is 0.275 e. The number of rotatable bonds is 4. The molecular weight excluding hydrogens is 304 g/mol. The second-order valence-corrected chi connectivity index (χ2v) is 5.23. The van der Waals surface area contributed by atoms with Crippen LogP contribution in [0.2, 0.25) is 5.02 Å². The molecule has 0 aliphatic rings. The second kappa shape index (κ2) is 7.13. The van der Waals surface area contributed by atoms with Gasteiger partial charge in [0.2, 0.25) is 0 Å². The molecule has 1 N–H and O–H groups in total. The zero-order valence-corrected chi connectivity index (χ0v) is 13.2. The zero-order chi connectivity index (χ0) is 16.1. The van der Waals surface area contributed by atoms with Gasteiger partial charge in [0, 0.05) is 17.1 Å². The lowest BCUT2D eigenvalue weighted by Crippen LogP contribution is -2.46. The summed E-state index contributed by atoms with van der Waals surface area (Å²) in [7, 11) is 0. The molecule has 22 heavy (non-hydrogen) atoms. The number of hydrogen-bond donors (Lipinski definition) is 1. The Morgan fingerprint density at radius 3 is 2.45 bits per heavy atom. The van der Waals surface area contributed by atoms with Crippen LogP contribution in [0.4, 0.5) is 0 Å². The fourth-order valence-electron chi connectivity index (χ4n) is 1.97. The Hall–Kier alpha value is -2.27. The number of nitrogens with one attached hydrogen (secondary N) is 1. The first-order valence-electron chi connectivity index (χ1n) is 6.95. The van der Waals surface area contributed by atoms with Crippen molar-refractivity contribution in [2.24, 2.45) is 0 Å². The van der Waals surface area contributed by atoms with E-state index < -0.39 is 0 Å². The van der Waals surface area contributed by atoms with Crippen LogP contribution in [0, 0.1) is 6.92 Å². The SMILES string of the molecule is CCCN(NC(=O)c1ccc(Cl)cc1)C(=O)c1ccoc1C. The Morgan fingerprint density at radius 1 is 1.23 bits per heavy atom. The van der Waals surface area contributed by atoms with Crippen LogP contribution < -0.4 is 5.43 Å². The van der Waals surface area contributed by atoms with Crippen molar-refractivity contribution >= 4 is 23.4 Å². The first-order chi connectivity index (χ1) is 10.5. The zero-order valence-electron chi connectivity index (χ0n) is 12.4. The lowest BCUT2D eigenvalue weighted by atomic mass is 10.2. The first-order valence-corrected chi connectivity index (χ1v) is 7.33. The Bertz CT molecular complexity index is 664. The van der Waals surface area contributed by atoms with Gasteiger partial charge in [-0.1, -0.05) is 18.5 Å². The van der Waals surface area contributed by atoms with Crippen LogP contribution in [0.1, 0.15) is 39.8 Å². The molecule has 2 amide bonds. The predicted molar refractivity (Wildman–Crippen MR) is 83.7 cm³/mol. The van der Waals surface area contributed by atoms with Crippen molar-refractivity contribution in [1.82, 2.24) is 10.4 Å². The normalized spacial score (nSPS) is 10.3. The van der Waals surface area contributed by atoms with Gasteiger partial charge in [0.25, 0.3) is 11.8 Å². The highest BCUT2D eigenvalue weighted by atomic mass is 35.5. The van der Waals surface area contributed by atoms with Gasteiger partial charge in [0.1, 0.15) is 5.76 Å². The Morgan fingerprint density at radius 2 is 1.91 bits per heavy atom. The summed E-state index contributed by atoms with van der Waals surface area (Å²) in [5.41, 5.74) is 3.50. The summed E-state index contributed by atoms with van der Waals surface area (Å²) < 4.78 is 5.14. The molecule has 0 saturated heterocycles. The number of carbonyl (C=O) groups is 2. The van der Waals surface area contributed by atoms with E-state index in [9.17, 15) is 9.59 Å². The van der Waals surface area contributed by atoms with Gasteiger partial charge in [0.05, 0.1) is 11.8 Å². The summed E-state index contributed by atoms with van der Waals surface area (Å²) in [6.45, 7) is 4.04. The molecule has 0 atom stereocenters. The summed E-state index contributed by atoms with van der Waals surface area (Å²) >= 11 is 5.80. The topological polar surface area (TPSA) is 62.6 Å². The molecule has 2 aromatic rings. The van der Waals surface area contributed by atoms with Gasteiger partial charge in [-0.3, -0.25) is 15.0 Å². The standard InChI is InChI=1S/C16H17ClN2O3/c1-3-9-19(16(21)14-8-10-22-11(14)2)18-15(20)12-4-6-13(17)7-5-12/h4-8,10H,3,9H2,1-2H3,(H,18,20). The Balaban J connectivity index is 2.14. The monoisotopic (exact) mass is 320 g/mol. The molecule has 0 unspecified atom stereocenters. The molecule has 5 nitrogen and oxygen atoms in total. The molecular formula is C16H17ClN2O3. The van der Waals surface area contributed by atoms with Crippen molar-refractivity contribution in [1.29, 1.82) is 0 Å². The van der Waals surface area contributed by atoms with Gasteiger partial charge in [0.15, 0.2) is 0 Å². The lowest BCUT2D eigenvalue weighted by molar-refractivity contribution is 0.0582. The summed E-state index contributed by atoms with van der Waals surface area (Å²) in [5, 5.41) is 1.85. The number of furan rings is 1. The van der Waals surface area contributed by atoms with E-state index in [0.29, 0.717) is 34.9 Å². The Kier molecular flexibility index (Phi) is 5.22. The van der Waals surface area contributed by atoms with Crippen LogP contribution in [-0.2, 0) is 0 Å². The molecule has 0 aliphatic carbocycles. The van der Waals surface area contributed by atoms with Gasteiger partial charge in [-0.25, -0.2) is 5.01 Å². The minimum Gasteiger partial charge on any atom is -0.469 e. The number of nitrogens with zero attached hydrogens (tertiary/aromatic N) is 1. The number of hydrazine groups is 1. The van der Waals surface area contributed by atoms with E-state index in [1.54, 1.807) is 37.3 Å². The Labute approximate surface area is 133 Å². The third-order valence-corrected chi connectivity index (χ3v) is 3.38. The highest BCUT2D eigenvalue weighted by molar-refractivity contribution is 6.30. The number of aryl methyl sites for hydroxylation is 1. The van der Waals surface area contributed by atoms with Gasteiger partial charge >= 0.3 is 0 Å². The summed E-state index contributed by atoms with van der Waals surface area (Å²) in [6.07, 6.45) is 2.16. The number of hydrogen-bond acceptors (Lipinski definition) is 3. The highest BCUT2D eigenvalue weighted by Gasteiger charge is 2.21. The van der Waals surface area contributed by atoms with E-state index in [1.165, 1.54) is 11.3 Å². The molecule has 0 bridgehead atoms. The molecule has 6 heteroatoms. The molecule has 1 aromatic heterocycles. The molecule has 1 heterocycles. The molecule has 0 radical (unpaired) electrons. The van der Waals surface area contributed by atoms with E-state index in [1.807, 2.05) is 6.92 Å². The number of benzene rings is 1. The van der Waals surface area contributed by atoms with E-state index in [-0.39, 0.29) is 11.8 Å². The van der Waals surface area contributed by atoms with Crippen molar-refractivity contribution in [2.75, 3.05) is 6.54 Å². The van der Waals surface area contributed by atoms with Gasteiger partial charge in [-0.15, -0.1) is 0 Å². The maximum Gasteiger partial charge on any atom is 0.275 e. The van der Waals surface area contributed by atoms with E-state index in [0.717, 1.165) is 0 Å². The highest BCUT2D eigenvalue weighted by Crippen LogP contribution is 2.13. The van der Waals surface area contributed by atoms with Crippen LogP contribution in [0.5, 0.6) is 0 Å². The van der Waals surface area contributed by atoms with Crippen molar-refractivity contribution in [3.05, 3.63) is 58.5 Å². The van der Waals surface area contributed by atoms with Gasteiger partial charge in [-0.05, 0) is 43.7 Å². The third kappa shape index (κ3) is 3.68. The minimum atomic E-state index is -0.361. The fraction of sp³-hybridized carbons (Fsp3) is 0.250. The van der Waals surface area contributed by atoms with E-state index in [4.69, 9.17) is 16.0 Å². The van der Waals surface area contributed by atoms with Crippen molar-refractivity contribution in [3.8, 4) is 0 Å². The van der Waals surface area contributed by atoms with Crippen LogP contribution in [0.3, 0.4) is 0 Å². The van der Waals surface area contributed by atoms with Gasteiger partial charge < -0.3 is 4.42 Å². The minimum absolute atomic E-state index is 0.296. The molecule has 0 fully saturated rings. The molecule has 2 rings (SSSR count). The number of halogens is 1. The summed E-state index contributed by atoms with van der Waals surface area (Å²) in [5.74, 6) is -0.137. The molecule has 0 saturated carbocycles. The summed E-state index contributed by atoms with van der Waals surface area (Å²) in [6, 6.07) is 8.06. The quantitative estimate of drug-likeness (QED) is 0.878. The van der Waals surface area contributed by atoms with E-state index >= 15 is 0 Å². The molecule has 116 valence electrons. The van der Waals surface area contributed by atoms with E-state index in [2.05, 4.69) is 5.43 Å². The van der Waals surface area contributed by atoms with Crippen molar-refractivity contribution < 1.29 is 14.0 Å². The molecule has 1 aromatic carbocycles. The average molecular weight is 321 g/mol. The summed E-state index contributed by atoms with van der Waals surface area (Å²) in [4.78, 5) is 24.7. The maximum atomic E-state index is 12.5.